The maximum atomic E-state index is 13.5. The van der Waals surface area contributed by atoms with E-state index in [1.165, 1.54) is 19.1 Å². The molecule has 0 spiro atoms. The number of amides is 1. The highest BCUT2D eigenvalue weighted by atomic mass is 19.2. The predicted octanol–water partition coefficient (Wildman–Crippen LogP) is 3.36. The standard InChI is InChI=1S/C14H8F5N3O3/c1-5-2-3-6(4-7(5)22(24)25)14(23)21-20-13-11(18)9(16)8(15)10(17)12(13)19/h2-4,20H,1H3,(H,21,23). The molecule has 25 heavy (non-hydrogen) atoms. The molecule has 0 unspecified atom stereocenters. The Morgan fingerprint density at radius 2 is 1.52 bits per heavy atom. The molecule has 0 aliphatic heterocycles. The topological polar surface area (TPSA) is 84.3 Å². The first kappa shape index (κ1) is 18.1. The number of hydrazine groups is 1. The summed E-state index contributed by atoms with van der Waals surface area (Å²) in [7, 11) is 0. The maximum Gasteiger partial charge on any atom is 0.273 e. The van der Waals surface area contributed by atoms with E-state index in [-0.39, 0.29) is 16.8 Å². The first-order chi connectivity index (χ1) is 11.6. The Kier molecular flexibility index (Phi) is 4.86. The molecule has 0 atom stereocenters. The van der Waals surface area contributed by atoms with Crippen molar-refractivity contribution in [2.45, 2.75) is 6.92 Å². The predicted molar refractivity (Wildman–Crippen MR) is 75.2 cm³/mol. The largest absolute Gasteiger partial charge is 0.293 e. The van der Waals surface area contributed by atoms with Crippen molar-refractivity contribution in [2.24, 2.45) is 0 Å². The van der Waals surface area contributed by atoms with Gasteiger partial charge in [-0.3, -0.25) is 25.8 Å². The van der Waals surface area contributed by atoms with Crippen LogP contribution in [0.1, 0.15) is 15.9 Å². The van der Waals surface area contributed by atoms with Gasteiger partial charge in [-0.15, -0.1) is 0 Å². The van der Waals surface area contributed by atoms with Crippen LogP contribution in [0.4, 0.5) is 33.3 Å². The van der Waals surface area contributed by atoms with Crippen LogP contribution in [0.5, 0.6) is 0 Å². The number of aryl methyl sites for hydroxylation is 1. The van der Waals surface area contributed by atoms with Crippen molar-refractivity contribution in [2.75, 3.05) is 5.43 Å². The van der Waals surface area contributed by atoms with Crippen molar-refractivity contribution in [3.05, 3.63) is 68.5 Å². The fourth-order valence-electron chi connectivity index (χ4n) is 1.85. The molecule has 11 heteroatoms. The van der Waals surface area contributed by atoms with E-state index in [1.54, 1.807) is 10.9 Å². The minimum atomic E-state index is -2.35. The van der Waals surface area contributed by atoms with Gasteiger partial charge in [0.15, 0.2) is 23.3 Å². The van der Waals surface area contributed by atoms with Crippen LogP contribution in [0.2, 0.25) is 0 Å². The Labute approximate surface area is 136 Å². The van der Waals surface area contributed by atoms with Crippen LogP contribution < -0.4 is 10.9 Å². The third-order valence-electron chi connectivity index (χ3n) is 3.18. The molecule has 132 valence electrons. The molecule has 0 aliphatic rings. The number of benzene rings is 2. The zero-order valence-electron chi connectivity index (χ0n) is 12.3. The van der Waals surface area contributed by atoms with E-state index in [2.05, 4.69) is 0 Å². The normalized spacial score (nSPS) is 10.5. The van der Waals surface area contributed by atoms with Crippen LogP contribution >= 0.6 is 0 Å². The van der Waals surface area contributed by atoms with E-state index in [4.69, 9.17) is 0 Å². The summed E-state index contributed by atoms with van der Waals surface area (Å²) in [6, 6.07) is 3.33. The number of hydrogen-bond donors (Lipinski definition) is 2. The number of carbonyl (C=O) groups is 1. The van der Waals surface area contributed by atoms with Gasteiger partial charge >= 0.3 is 0 Å². The molecule has 0 bridgehead atoms. The quantitative estimate of drug-likeness (QED) is 0.288. The SMILES string of the molecule is Cc1ccc(C(=O)NNc2c(F)c(F)c(F)c(F)c2F)cc1[N+](=O)[O-]. The molecule has 1 amide bonds. The van der Waals surface area contributed by atoms with Gasteiger partial charge in [0, 0.05) is 17.2 Å². The molecule has 2 aromatic carbocycles. The average molecular weight is 361 g/mol. The second-order valence-corrected chi connectivity index (χ2v) is 4.78. The van der Waals surface area contributed by atoms with Gasteiger partial charge in [-0.05, 0) is 13.0 Å². The number of nitrogens with one attached hydrogen (secondary N) is 2. The van der Waals surface area contributed by atoms with Gasteiger partial charge in [0.05, 0.1) is 4.92 Å². The van der Waals surface area contributed by atoms with Gasteiger partial charge < -0.3 is 0 Å². The molecule has 0 aliphatic carbocycles. The second kappa shape index (κ2) is 6.71. The number of nitro benzene ring substituents is 1. The van der Waals surface area contributed by atoms with Gasteiger partial charge in [0.1, 0.15) is 5.69 Å². The molecule has 0 heterocycles. The molecule has 0 saturated carbocycles. The number of nitro groups is 1. The summed E-state index contributed by atoms with van der Waals surface area (Å²) in [6.45, 7) is 1.42. The van der Waals surface area contributed by atoms with Gasteiger partial charge in [0.2, 0.25) is 5.82 Å². The number of carbonyl (C=O) groups excluding carboxylic acids is 1. The van der Waals surface area contributed by atoms with Crippen molar-refractivity contribution < 1.29 is 31.7 Å². The molecule has 0 fully saturated rings. The van der Waals surface area contributed by atoms with E-state index >= 15 is 0 Å². The van der Waals surface area contributed by atoms with Crippen LogP contribution in [0.25, 0.3) is 0 Å². The van der Waals surface area contributed by atoms with Crippen molar-refractivity contribution in [3.63, 3.8) is 0 Å². The lowest BCUT2D eigenvalue weighted by Crippen LogP contribution is -2.31. The summed E-state index contributed by atoms with van der Waals surface area (Å²) in [6.07, 6.45) is 0. The minimum absolute atomic E-state index is 0.259. The van der Waals surface area contributed by atoms with Crippen LogP contribution in [0.15, 0.2) is 18.2 Å². The monoisotopic (exact) mass is 361 g/mol. The summed E-state index contributed by atoms with van der Waals surface area (Å²) >= 11 is 0. The summed E-state index contributed by atoms with van der Waals surface area (Å²) < 4.78 is 65.9. The Hall–Kier alpha value is -3.24. The zero-order valence-corrected chi connectivity index (χ0v) is 12.3. The lowest BCUT2D eigenvalue weighted by Gasteiger charge is -2.12. The highest BCUT2D eigenvalue weighted by Gasteiger charge is 2.26. The first-order valence-electron chi connectivity index (χ1n) is 6.48. The molecule has 2 aromatic rings. The summed E-state index contributed by atoms with van der Waals surface area (Å²) in [5, 5.41) is 10.8. The Balaban J connectivity index is 2.27. The Morgan fingerprint density at radius 1 is 1.00 bits per heavy atom. The smallest absolute Gasteiger partial charge is 0.273 e. The summed E-state index contributed by atoms with van der Waals surface area (Å²) in [5.74, 6) is -12.2. The third kappa shape index (κ3) is 3.34. The second-order valence-electron chi connectivity index (χ2n) is 4.78. The highest BCUT2D eigenvalue weighted by molar-refractivity contribution is 5.95. The third-order valence-corrected chi connectivity index (χ3v) is 3.18. The number of nitrogens with zero attached hydrogens (tertiary/aromatic N) is 1. The number of anilines is 1. The van der Waals surface area contributed by atoms with Crippen molar-refractivity contribution in [1.29, 1.82) is 0 Å². The molecule has 2 rings (SSSR count). The molecule has 0 radical (unpaired) electrons. The van der Waals surface area contributed by atoms with Gasteiger partial charge in [0.25, 0.3) is 11.6 Å². The lowest BCUT2D eigenvalue weighted by molar-refractivity contribution is -0.385. The van der Waals surface area contributed by atoms with Crippen LogP contribution in [0, 0.1) is 46.1 Å². The van der Waals surface area contributed by atoms with Crippen molar-refractivity contribution in [3.8, 4) is 0 Å². The van der Waals surface area contributed by atoms with Crippen molar-refractivity contribution >= 4 is 17.3 Å². The lowest BCUT2D eigenvalue weighted by atomic mass is 10.1. The summed E-state index contributed by atoms with van der Waals surface area (Å²) in [5.41, 5.74) is 1.43. The fourth-order valence-corrected chi connectivity index (χ4v) is 1.85. The molecule has 0 saturated heterocycles. The molecular formula is C14H8F5N3O3. The van der Waals surface area contributed by atoms with Gasteiger partial charge in [-0.2, -0.15) is 0 Å². The van der Waals surface area contributed by atoms with E-state index < -0.39 is 45.6 Å². The first-order valence-corrected chi connectivity index (χ1v) is 6.48. The van der Waals surface area contributed by atoms with Gasteiger partial charge in [-0.1, -0.05) is 6.07 Å². The Bertz CT molecular complexity index is 859. The number of rotatable bonds is 4. The van der Waals surface area contributed by atoms with Crippen molar-refractivity contribution in [1.82, 2.24) is 5.43 Å². The number of hydrogen-bond acceptors (Lipinski definition) is 4. The Morgan fingerprint density at radius 3 is 2.04 bits per heavy atom. The van der Waals surface area contributed by atoms with E-state index in [0.717, 1.165) is 6.07 Å². The highest BCUT2D eigenvalue weighted by Crippen LogP contribution is 2.26. The van der Waals surface area contributed by atoms with E-state index in [9.17, 15) is 36.9 Å². The molecule has 2 N–H and O–H groups in total. The van der Waals surface area contributed by atoms with Crippen LogP contribution in [-0.2, 0) is 0 Å². The number of halogens is 5. The van der Waals surface area contributed by atoms with E-state index in [0.29, 0.717) is 0 Å². The van der Waals surface area contributed by atoms with Gasteiger partial charge in [-0.25, -0.2) is 22.0 Å². The van der Waals surface area contributed by atoms with Crippen LogP contribution in [-0.4, -0.2) is 10.8 Å². The molecular weight excluding hydrogens is 353 g/mol. The maximum absolute atomic E-state index is 13.5. The summed E-state index contributed by atoms with van der Waals surface area (Å²) in [4.78, 5) is 21.9. The average Bonchev–Trinajstić information content (AvgIpc) is 2.58. The zero-order chi connectivity index (χ0) is 18.9. The molecule has 6 nitrogen and oxygen atoms in total. The van der Waals surface area contributed by atoms with E-state index in [1.807, 2.05) is 0 Å². The minimum Gasteiger partial charge on any atom is -0.293 e. The molecule has 0 aromatic heterocycles. The fraction of sp³-hybridized carbons (Fsp3) is 0.0714. The van der Waals surface area contributed by atoms with Crippen LogP contribution in [0.3, 0.4) is 0 Å².